The minimum absolute atomic E-state index is 0.870. The molecule has 4 bridgehead atoms. The topological polar surface area (TPSA) is 26.0 Å². The van der Waals surface area contributed by atoms with Crippen LogP contribution in [0.3, 0.4) is 0 Å². The Morgan fingerprint density at radius 1 is 0.938 bits per heavy atom. The molecule has 0 aromatic carbocycles. The van der Waals surface area contributed by atoms with Crippen molar-refractivity contribution in [3.63, 3.8) is 0 Å². The van der Waals surface area contributed by atoms with Crippen LogP contribution >= 0.6 is 11.3 Å². The van der Waals surface area contributed by atoms with Crippen molar-refractivity contribution < 1.29 is 0 Å². The monoisotopic (exact) mass is 233 g/mol. The van der Waals surface area contributed by atoms with E-state index in [-0.39, 0.29) is 0 Å². The summed E-state index contributed by atoms with van der Waals surface area (Å²) in [5.41, 5.74) is 5.89. The molecule has 0 unspecified atom stereocenters. The molecule has 0 amide bonds. The number of rotatable bonds is 1. The fraction of sp³-hybridized carbons (Fsp3) is 0.714. The van der Waals surface area contributed by atoms with E-state index >= 15 is 0 Å². The highest BCUT2D eigenvalue weighted by atomic mass is 32.1. The van der Waals surface area contributed by atoms with Crippen LogP contribution in [-0.4, -0.2) is 0 Å². The van der Waals surface area contributed by atoms with Crippen molar-refractivity contribution in [3.8, 4) is 0 Å². The number of thiophene rings is 1. The van der Waals surface area contributed by atoms with Gasteiger partial charge in [0.05, 0.1) is 5.00 Å². The Labute approximate surface area is 101 Å². The van der Waals surface area contributed by atoms with E-state index in [0.29, 0.717) is 0 Å². The van der Waals surface area contributed by atoms with Crippen LogP contribution in [0.25, 0.3) is 0 Å². The minimum Gasteiger partial charge on any atom is -0.391 e. The highest BCUT2D eigenvalue weighted by Gasteiger charge is 2.48. The fourth-order valence-electron chi connectivity index (χ4n) is 4.94. The molecule has 2 N–H and O–H groups in total. The Balaban J connectivity index is 1.69. The maximum atomic E-state index is 5.89. The zero-order valence-electron chi connectivity index (χ0n) is 9.56. The van der Waals surface area contributed by atoms with E-state index in [0.717, 1.165) is 34.6 Å². The van der Waals surface area contributed by atoms with Crippen LogP contribution in [0.2, 0.25) is 0 Å². The molecular weight excluding hydrogens is 214 g/mol. The maximum Gasteiger partial charge on any atom is 0.0859 e. The van der Waals surface area contributed by atoms with E-state index in [2.05, 4.69) is 12.1 Å². The van der Waals surface area contributed by atoms with Gasteiger partial charge in [-0.1, -0.05) is 0 Å². The summed E-state index contributed by atoms with van der Waals surface area (Å²) in [7, 11) is 0. The van der Waals surface area contributed by atoms with Gasteiger partial charge in [-0.15, -0.1) is 11.3 Å². The molecule has 0 aliphatic heterocycles. The third-order valence-corrected chi connectivity index (χ3v) is 6.22. The Bertz CT molecular complexity index is 381. The summed E-state index contributed by atoms with van der Waals surface area (Å²) in [6.07, 6.45) is 7.59. The number of nitrogens with two attached hydrogens (primary N) is 1. The first-order chi connectivity index (χ1) is 7.79. The summed E-state index contributed by atoms with van der Waals surface area (Å²) >= 11 is 1.84. The summed E-state index contributed by atoms with van der Waals surface area (Å²) in [6, 6.07) is 4.40. The van der Waals surface area contributed by atoms with Crippen LogP contribution in [0.5, 0.6) is 0 Å². The molecule has 0 radical (unpaired) electrons. The van der Waals surface area contributed by atoms with E-state index < -0.39 is 0 Å². The van der Waals surface area contributed by atoms with Crippen LogP contribution in [0.4, 0.5) is 5.00 Å². The first-order valence-corrected chi connectivity index (χ1v) is 7.46. The third kappa shape index (κ3) is 1.29. The predicted octanol–water partition coefficient (Wildman–Crippen LogP) is 3.87. The lowest BCUT2D eigenvalue weighted by molar-refractivity contribution is -0.00160. The van der Waals surface area contributed by atoms with Crippen LogP contribution in [0.15, 0.2) is 12.1 Å². The molecule has 0 atom stereocenters. The van der Waals surface area contributed by atoms with Gasteiger partial charge in [0.2, 0.25) is 0 Å². The van der Waals surface area contributed by atoms with Crippen molar-refractivity contribution in [2.24, 2.45) is 23.7 Å². The smallest absolute Gasteiger partial charge is 0.0859 e. The van der Waals surface area contributed by atoms with Gasteiger partial charge in [0, 0.05) is 4.88 Å². The van der Waals surface area contributed by atoms with Gasteiger partial charge in [0.1, 0.15) is 0 Å². The molecular formula is C14H19NS. The van der Waals surface area contributed by atoms with Crippen molar-refractivity contribution in [2.45, 2.75) is 38.0 Å². The molecule has 0 spiro atoms. The second-order valence-electron chi connectivity index (χ2n) is 6.20. The average molecular weight is 233 g/mol. The zero-order valence-corrected chi connectivity index (χ0v) is 10.4. The second kappa shape index (κ2) is 3.25. The van der Waals surface area contributed by atoms with E-state index in [4.69, 9.17) is 5.73 Å². The normalized spacial score (nSPS) is 45.1. The van der Waals surface area contributed by atoms with Crippen LogP contribution in [0.1, 0.15) is 42.9 Å². The quantitative estimate of drug-likeness (QED) is 0.783. The minimum atomic E-state index is 0.870. The van der Waals surface area contributed by atoms with E-state index in [1.807, 2.05) is 11.3 Å². The zero-order chi connectivity index (χ0) is 10.7. The van der Waals surface area contributed by atoms with E-state index in [9.17, 15) is 0 Å². The lowest BCUT2D eigenvalue weighted by Crippen LogP contribution is -2.43. The standard InChI is InChI=1S/C14H19NS/c15-13-2-1-12(16-13)14-10-4-8-3-9(6-10)7-11(14)5-8/h1-2,8-11,14H,3-7,15H2. The number of nitrogen functional groups attached to an aromatic ring is 1. The van der Waals surface area contributed by atoms with Crippen LogP contribution in [-0.2, 0) is 0 Å². The van der Waals surface area contributed by atoms with Crippen molar-refractivity contribution in [2.75, 3.05) is 5.73 Å². The summed E-state index contributed by atoms with van der Waals surface area (Å²) in [5, 5.41) is 1.00. The van der Waals surface area contributed by atoms with E-state index in [1.54, 1.807) is 11.3 Å². The summed E-state index contributed by atoms with van der Waals surface area (Å²) in [5.74, 6) is 5.02. The summed E-state index contributed by atoms with van der Waals surface area (Å²) in [6.45, 7) is 0. The lowest BCUT2D eigenvalue weighted by atomic mass is 9.51. The molecule has 0 saturated heterocycles. The predicted molar refractivity (Wildman–Crippen MR) is 68.5 cm³/mol. The van der Waals surface area contributed by atoms with Crippen molar-refractivity contribution in [3.05, 3.63) is 17.0 Å². The molecule has 1 aromatic rings. The molecule has 1 nitrogen and oxygen atoms in total. The van der Waals surface area contributed by atoms with Gasteiger partial charge in [-0.25, -0.2) is 0 Å². The molecule has 1 heterocycles. The molecule has 4 fully saturated rings. The molecule has 4 aliphatic rings. The molecule has 86 valence electrons. The average Bonchev–Trinajstić information content (AvgIpc) is 2.63. The molecule has 1 aromatic heterocycles. The SMILES string of the molecule is Nc1ccc(C2C3CC4CC(C3)CC2C4)s1. The Kier molecular flexibility index (Phi) is 1.94. The number of hydrogen-bond donors (Lipinski definition) is 1. The Morgan fingerprint density at radius 2 is 1.56 bits per heavy atom. The van der Waals surface area contributed by atoms with Gasteiger partial charge in [-0.3, -0.25) is 0 Å². The molecule has 4 aliphatic carbocycles. The van der Waals surface area contributed by atoms with E-state index in [1.165, 1.54) is 25.7 Å². The lowest BCUT2D eigenvalue weighted by Gasteiger charge is -2.54. The van der Waals surface area contributed by atoms with Gasteiger partial charge < -0.3 is 5.73 Å². The second-order valence-corrected chi connectivity index (χ2v) is 7.34. The fourth-order valence-corrected chi connectivity index (χ4v) is 6.00. The van der Waals surface area contributed by atoms with Gasteiger partial charge in [-0.05, 0) is 73.8 Å². The van der Waals surface area contributed by atoms with Gasteiger partial charge in [0.25, 0.3) is 0 Å². The van der Waals surface area contributed by atoms with Gasteiger partial charge in [-0.2, -0.15) is 0 Å². The van der Waals surface area contributed by atoms with Crippen LogP contribution < -0.4 is 5.73 Å². The van der Waals surface area contributed by atoms with Crippen molar-refractivity contribution in [1.29, 1.82) is 0 Å². The Hall–Kier alpha value is -0.500. The largest absolute Gasteiger partial charge is 0.391 e. The van der Waals surface area contributed by atoms with Gasteiger partial charge >= 0.3 is 0 Å². The van der Waals surface area contributed by atoms with Crippen molar-refractivity contribution in [1.82, 2.24) is 0 Å². The van der Waals surface area contributed by atoms with Gasteiger partial charge in [0.15, 0.2) is 0 Å². The summed E-state index contributed by atoms with van der Waals surface area (Å²) in [4.78, 5) is 1.59. The Morgan fingerprint density at radius 3 is 2.06 bits per heavy atom. The van der Waals surface area contributed by atoms with Crippen molar-refractivity contribution >= 4 is 16.3 Å². The highest BCUT2D eigenvalue weighted by molar-refractivity contribution is 7.15. The third-order valence-electron chi connectivity index (χ3n) is 5.20. The molecule has 2 heteroatoms. The molecule has 4 saturated carbocycles. The first kappa shape index (κ1) is 9.52. The number of hydrogen-bond acceptors (Lipinski definition) is 2. The van der Waals surface area contributed by atoms with Crippen LogP contribution in [0, 0.1) is 23.7 Å². The summed E-state index contributed by atoms with van der Waals surface area (Å²) < 4.78 is 0. The molecule has 5 rings (SSSR count). The molecule has 16 heavy (non-hydrogen) atoms. The number of anilines is 1. The maximum absolute atomic E-state index is 5.89. The highest BCUT2D eigenvalue weighted by Crippen LogP contribution is 2.60. The first-order valence-electron chi connectivity index (χ1n) is 6.65.